The van der Waals surface area contributed by atoms with Crippen molar-refractivity contribution in [3.8, 4) is 0 Å². The van der Waals surface area contributed by atoms with Gasteiger partial charge in [-0.25, -0.2) is 4.79 Å². The van der Waals surface area contributed by atoms with Crippen molar-refractivity contribution >= 4 is 18.0 Å². The summed E-state index contributed by atoms with van der Waals surface area (Å²) in [6.07, 6.45) is 3.38. The average Bonchev–Trinajstić information content (AvgIpc) is 2.71. The number of carbonyl (C=O) groups excluding carboxylic acids is 2. The number of rotatable bonds is 1. The minimum absolute atomic E-state index is 0.345. The van der Waals surface area contributed by atoms with Crippen LogP contribution < -0.4 is 5.32 Å². The lowest BCUT2D eigenvalue weighted by atomic mass is 10.3. The molecule has 2 N–H and O–H groups in total. The molecule has 1 aliphatic rings. The fourth-order valence-corrected chi connectivity index (χ4v) is 1.25. The number of aromatic nitrogens is 1. The normalized spacial score (nSPS) is 19.2. The van der Waals surface area contributed by atoms with E-state index >= 15 is 0 Å². The van der Waals surface area contributed by atoms with Crippen LogP contribution >= 0.6 is 0 Å². The number of amides is 3. The van der Waals surface area contributed by atoms with Gasteiger partial charge in [-0.2, -0.15) is 0 Å². The van der Waals surface area contributed by atoms with E-state index in [9.17, 15) is 9.59 Å². The Morgan fingerprint density at radius 2 is 2.21 bits per heavy atom. The zero-order valence-corrected chi connectivity index (χ0v) is 7.57. The third-order valence-corrected chi connectivity index (χ3v) is 2.03. The summed E-state index contributed by atoms with van der Waals surface area (Å²) in [5.41, 5.74) is 1.13. The van der Waals surface area contributed by atoms with Crippen molar-refractivity contribution in [2.75, 3.05) is 7.05 Å². The Hall–Kier alpha value is -2.04. The summed E-state index contributed by atoms with van der Waals surface area (Å²) in [5, 5.41) is 2.19. The monoisotopic (exact) mass is 191 g/mol. The molecule has 0 aromatic carbocycles. The first-order valence-electron chi connectivity index (χ1n) is 4.12. The second-order valence-corrected chi connectivity index (χ2v) is 2.97. The number of aromatic amines is 1. The van der Waals surface area contributed by atoms with Crippen LogP contribution in [0.1, 0.15) is 5.69 Å². The predicted octanol–water partition coefficient (Wildman–Crippen LogP) is 0.537. The molecule has 5 heteroatoms. The standard InChI is InChI=1S/C9H9N3O2/c1-12-7(8(13)11-9(12)14)5-6-3-2-4-10-6/h2-5,10H,1H3,(H,11,13,14)/b7-5+. The number of H-pyrrole nitrogens is 1. The molecule has 0 atom stereocenters. The Bertz CT molecular complexity index is 406. The predicted molar refractivity (Wildman–Crippen MR) is 50.1 cm³/mol. The van der Waals surface area contributed by atoms with Crippen LogP contribution in [-0.2, 0) is 4.79 Å². The zero-order valence-electron chi connectivity index (χ0n) is 7.57. The highest BCUT2D eigenvalue weighted by molar-refractivity contribution is 6.13. The van der Waals surface area contributed by atoms with Crippen LogP contribution in [0.4, 0.5) is 4.79 Å². The van der Waals surface area contributed by atoms with E-state index in [1.54, 1.807) is 19.3 Å². The molecule has 2 heterocycles. The van der Waals surface area contributed by atoms with Crippen LogP contribution in [0.15, 0.2) is 24.0 Å². The highest BCUT2D eigenvalue weighted by Crippen LogP contribution is 2.13. The van der Waals surface area contributed by atoms with E-state index in [1.807, 2.05) is 12.1 Å². The summed E-state index contributed by atoms with van der Waals surface area (Å²) in [4.78, 5) is 26.5. The Labute approximate surface area is 80.4 Å². The highest BCUT2D eigenvalue weighted by Gasteiger charge is 2.29. The van der Waals surface area contributed by atoms with E-state index in [0.29, 0.717) is 5.70 Å². The molecule has 14 heavy (non-hydrogen) atoms. The van der Waals surface area contributed by atoms with Crippen molar-refractivity contribution < 1.29 is 9.59 Å². The number of hydrogen-bond acceptors (Lipinski definition) is 2. The molecule has 0 radical (unpaired) electrons. The molecule has 1 fully saturated rings. The quantitative estimate of drug-likeness (QED) is 0.502. The molecule has 72 valence electrons. The molecule has 1 aliphatic heterocycles. The molecular formula is C9H9N3O2. The fraction of sp³-hybridized carbons (Fsp3) is 0.111. The summed E-state index contributed by atoms with van der Waals surface area (Å²) in [6, 6.07) is 3.24. The maximum Gasteiger partial charge on any atom is 0.328 e. The largest absolute Gasteiger partial charge is 0.362 e. The molecule has 0 unspecified atom stereocenters. The van der Waals surface area contributed by atoms with Gasteiger partial charge in [0.2, 0.25) is 0 Å². The molecule has 1 aromatic heterocycles. The third kappa shape index (κ3) is 1.28. The second-order valence-electron chi connectivity index (χ2n) is 2.97. The van der Waals surface area contributed by atoms with Gasteiger partial charge in [0.1, 0.15) is 5.70 Å². The maximum atomic E-state index is 11.3. The molecule has 0 saturated carbocycles. The third-order valence-electron chi connectivity index (χ3n) is 2.03. The van der Waals surface area contributed by atoms with Crippen molar-refractivity contribution in [3.05, 3.63) is 29.7 Å². The highest BCUT2D eigenvalue weighted by atomic mass is 16.2. The number of urea groups is 1. The molecule has 0 aliphatic carbocycles. The van der Waals surface area contributed by atoms with Crippen LogP contribution in [0.25, 0.3) is 6.08 Å². The van der Waals surface area contributed by atoms with Gasteiger partial charge >= 0.3 is 6.03 Å². The van der Waals surface area contributed by atoms with Gasteiger partial charge in [-0.3, -0.25) is 15.0 Å². The van der Waals surface area contributed by atoms with E-state index in [4.69, 9.17) is 0 Å². The van der Waals surface area contributed by atoms with Crippen LogP contribution in [0.2, 0.25) is 0 Å². The lowest BCUT2D eigenvalue weighted by Crippen LogP contribution is -2.24. The SMILES string of the molecule is CN1C(=O)NC(=O)/C1=C\c1ccc[nH]1. The first-order chi connectivity index (χ1) is 6.68. The second kappa shape index (κ2) is 3.02. The summed E-state index contributed by atoms with van der Waals surface area (Å²) in [6.45, 7) is 0. The van der Waals surface area contributed by atoms with Crippen LogP contribution in [0, 0.1) is 0 Å². The number of nitrogens with one attached hydrogen (secondary N) is 2. The Morgan fingerprint density at radius 3 is 2.71 bits per heavy atom. The van der Waals surface area contributed by atoms with E-state index < -0.39 is 6.03 Å². The molecule has 2 rings (SSSR count). The fourth-order valence-electron chi connectivity index (χ4n) is 1.25. The zero-order chi connectivity index (χ0) is 10.1. The maximum absolute atomic E-state index is 11.3. The molecule has 3 amide bonds. The lowest BCUT2D eigenvalue weighted by molar-refractivity contribution is -0.115. The van der Waals surface area contributed by atoms with Crippen molar-refractivity contribution in [1.82, 2.24) is 15.2 Å². The van der Waals surface area contributed by atoms with Gasteiger partial charge in [-0.1, -0.05) is 0 Å². The lowest BCUT2D eigenvalue weighted by Gasteiger charge is -2.05. The van der Waals surface area contributed by atoms with Crippen molar-refractivity contribution in [1.29, 1.82) is 0 Å². The number of imide groups is 1. The Balaban J connectivity index is 2.34. The first kappa shape index (κ1) is 8.55. The minimum Gasteiger partial charge on any atom is -0.362 e. The first-order valence-corrected chi connectivity index (χ1v) is 4.12. The molecule has 5 nitrogen and oxygen atoms in total. The van der Waals surface area contributed by atoms with Gasteiger partial charge < -0.3 is 4.98 Å². The van der Waals surface area contributed by atoms with Crippen molar-refractivity contribution in [2.45, 2.75) is 0 Å². The van der Waals surface area contributed by atoms with Crippen LogP contribution in [0.5, 0.6) is 0 Å². The molecule has 1 saturated heterocycles. The Kier molecular flexibility index (Phi) is 1.85. The topological polar surface area (TPSA) is 65.2 Å². The molecule has 0 bridgehead atoms. The number of hydrogen-bond donors (Lipinski definition) is 2. The van der Waals surface area contributed by atoms with Gasteiger partial charge in [0.25, 0.3) is 5.91 Å². The smallest absolute Gasteiger partial charge is 0.328 e. The van der Waals surface area contributed by atoms with E-state index in [1.165, 1.54) is 4.90 Å². The Morgan fingerprint density at radius 1 is 1.43 bits per heavy atom. The molecule has 0 spiro atoms. The summed E-state index contributed by atoms with van der Waals surface area (Å²) in [7, 11) is 1.55. The summed E-state index contributed by atoms with van der Waals surface area (Å²) >= 11 is 0. The summed E-state index contributed by atoms with van der Waals surface area (Å²) in [5.74, 6) is -0.368. The average molecular weight is 191 g/mol. The number of nitrogens with zero attached hydrogens (tertiary/aromatic N) is 1. The van der Waals surface area contributed by atoms with Gasteiger partial charge in [-0.05, 0) is 18.2 Å². The van der Waals surface area contributed by atoms with Gasteiger partial charge in [0.05, 0.1) is 0 Å². The van der Waals surface area contributed by atoms with E-state index in [0.717, 1.165) is 5.69 Å². The minimum atomic E-state index is -0.396. The van der Waals surface area contributed by atoms with Gasteiger partial charge in [0.15, 0.2) is 0 Å². The van der Waals surface area contributed by atoms with Gasteiger partial charge in [-0.15, -0.1) is 0 Å². The van der Waals surface area contributed by atoms with E-state index in [2.05, 4.69) is 10.3 Å². The van der Waals surface area contributed by atoms with Crippen molar-refractivity contribution in [3.63, 3.8) is 0 Å². The van der Waals surface area contributed by atoms with Crippen LogP contribution in [-0.4, -0.2) is 28.9 Å². The van der Waals surface area contributed by atoms with E-state index in [-0.39, 0.29) is 5.91 Å². The number of carbonyl (C=O) groups is 2. The van der Waals surface area contributed by atoms with Crippen molar-refractivity contribution in [2.24, 2.45) is 0 Å². The number of likely N-dealkylation sites (N-methyl/N-ethyl adjacent to an activating group) is 1. The van der Waals surface area contributed by atoms with Gasteiger partial charge in [0, 0.05) is 18.9 Å². The molecule has 1 aromatic rings. The summed E-state index contributed by atoms with van der Waals surface area (Å²) < 4.78 is 0. The van der Waals surface area contributed by atoms with Crippen LogP contribution in [0.3, 0.4) is 0 Å². The molecular weight excluding hydrogens is 182 g/mol.